The first-order chi connectivity index (χ1) is 11.7. The summed E-state index contributed by atoms with van der Waals surface area (Å²) in [5.74, 6) is -0.237. The Hall–Kier alpha value is -3.10. The van der Waals surface area contributed by atoms with Gasteiger partial charge in [-0.15, -0.1) is 4.99 Å². The van der Waals surface area contributed by atoms with Crippen LogP contribution in [0.2, 0.25) is 0 Å². The molecule has 0 aromatic heterocycles. The van der Waals surface area contributed by atoms with Gasteiger partial charge in [0, 0.05) is 0 Å². The van der Waals surface area contributed by atoms with Crippen LogP contribution < -0.4 is 5.32 Å². The molecule has 1 fully saturated rings. The van der Waals surface area contributed by atoms with Crippen molar-refractivity contribution >= 4 is 41.1 Å². The molecule has 1 amide bonds. The van der Waals surface area contributed by atoms with E-state index in [4.69, 9.17) is 5.26 Å². The van der Waals surface area contributed by atoms with Crippen molar-refractivity contribution in [3.8, 4) is 6.19 Å². The van der Waals surface area contributed by atoms with E-state index in [0.29, 0.717) is 10.1 Å². The molecule has 1 aliphatic heterocycles. The smallest absolute Gasteiger partial charge is 0.264 e. The average molecular weight is 331 g/mol. The van der Waals surface area contributed by atoms with Gasteiger partial charge in [0.2, 0.25) is 6.19 Å². The molecule has 0 unspecified atom stereocenters. The first kappa shape index (κ1) is 15.8. The summed E-state index contributed by atoms with van der Waals surface area (Å²) in [5, 5.41) is 11.4. The van der Waals surface area contributed by atoms with Gasteiger partial charge in [-0.3, -0.25) is 10.1 Å². The van der Waals surface area contributed by atoms with Gasteiger partial charge in [0.15, 0.2) is 5.17 Å². The van der Waals surface area contributed by atoms with Crippen LogP contribution in [0.3, 0.4) is 0 Å². The van der Waals surface area contributed by atoms with Crippen molar-refractivity contribution in [3.05, 3.63) is 76.2 Å². The number of aliphatic imine (C=N–C) groups is 1. The number of carbonyl (C=O) groups is 1. The maximum absolute atomic E-state index is 11.9. The molecule has 0 bridgehead atoms. The van der Waals surface area contributed by atoms with Gasteiger partial charge in [0.05, 0.1) is 4.91 Å². The Morgan fingerprint density at radius 3 is 2.50 bits per heavy atom. The fourth-order valence-electron chi connectivity index (χ4n) is 2.19. The third kappa shape index (κ3) is 4.00. The normalized spacial score (nSPS) is 17.4. The molecule has 1 heterocycles. The largest absolute Gasteiger partial charge is 0.300 e. The standard InChI is InChI=1S/C19H13N3OS/c20-13-21-19-22-18(23)17(24-19)12-16-8-4-7-15(11-16)10-9-14-5-2-1-3-6-14/h1-12H,(H,21,22,23). The number of hydrogen-bond donors (Lipinski definition) is 1. The lowest BCUT2D eigenvalue weighted by Crippen LogP contribution is -2.19. The van der Waals surface area contributed by atoms with Crippen LogP contribution in [0.25, 0.3) is 18.2 Å². The summed E-state index contributed by atoms with van der Waals surface area (Å²) in [5.41, 5.74) is 3.09. The lowest BCUT2D eigenvalue weighted by Gasteiger charge is -1.98. The van der Waals surface area contributed by atoms with Crippen molar-refractivity contribution in [1.82, 2.24) is 5.32 Å². The zero-order valence-corrected chi connectivity index (χ0v) is 13.5. The molecule has 0 radical (unpaired) electrons. The highest BCUT2D eigenvalue weighted by Gasteiger charge is 2.23. The highest BCUT2D eigenvalue weighted by Crippen LogP contribution is 2.26. The molecule has 1 N–H and O–H groups in total. The van der Waals surface area contributed by atoms with Gasteiger partial charge in [-0.1, -0.05) is 60.7 Å². The average Bonchev–Trinajstić information content (AvgIpc) is 2.94. The van der Waals surface area contributed by atoms with Crippen LogP contribution >= 0.6 is 11.8 Å². The Morgan fingerprint density at radius 1 is 1.00 bits per heavy atom. The molecule has 3 rings (SSSR count). The zero-order chi connectivity index (χ0) is 16.8. The van der Waals surface area contributed by atoms with Crippen molar-refractivity contribution < 1.29 is 4.79 Å². The monoisotopic (exact) mass is 331 g/mol. The van der Waals surface area contributed by atoms with E-state index in [9.17, 15) is 4.79 Å². The number of hydrogen-bond acceptors (Lipinski definition) is 4. The van der Waals surface area contributed by atoms with Gasteiger partial charge >= 0.3 is 0 Å². The molecule has 0 aliphatic carbocycles. The van der Waals surface area contributed by atoms with Crippen molar-refractivity contribution in [2.45, 2.75) is 0 Å². The molecule has 2 aromatic rings. The summed E-state index contributed by atoms with van der Waals surface area (Å²) in [4.78, 5) is 15.9. The van der Waals surface area contributed by atoms with Gasteiger partial charge < -0.3 is 0 Å². The number of amides is 1. The van der Waals surface area contributed by atoms with Crippen molar-refractivity contribution in [2.75, 3.05) is 0 Å². The SMILES string of the molecule is N#CN=C1NC(=O)C(=Cc2cccc(C=Cc3ccccc3)c2)S1. The number of carbonyl (C=O) groups excluding carboxylic acids is 1. The van der Waals surface area contributed by atoms with E-state index >= 15 is 0 Å². The van der Waals surface area contributed by atoms with E-state index in [-0.39, 0.29) is 5.91 Å². The van der Waals surface area contributed by atoms with Crippen LogP contribution in [0, 0.1) is 11.5 Å². The van der Waals surface area contributed by atoms with Crippen molar-refractivity contribution in [3.63, 3.8) is 0 Å². The molecule has 0 saturated carbocycles. The minimum atomic E-state index is -0.237. The Morgan fingerprint density at radius 2 is 1.71 bits per heavy atom. The molecule has 0 atom stereocenters. The number of benzene rings is 2. The number of thioether (sulfide) groups is 1. The molecule has 116 valence electrons. The van der Waals surface area contributed by atoms with Crippen LogP contribution in [-0.4, -0.2) is 11.1 Å². The van der Waals surface area contributed by atoms with E-state index in [0.717, 1.165) is 28.5 Å². The van der Waals surface area contributed by atoms with Crippen LogP contribution in [0.4, 0.5) is 0 Å². The van der Waals surface area contributed by atoms with Gasteiger partial charge in [0.25, 0.3) is 5.91 Å². The third-order valence-electron chi connectivity index (χ3n) is 3.28. The predicted octanol–water partition coefficient (Wildman–Crippen LogP) is 3.90. The lowest BCUT2D eigenvalue weighted by molar-refractivity contribution is -0.115. The minimum Gasteiger partial charge on any atom is -0.300 e. The third-order valence-corrected chi connectivity index (χ3v) is 4.19. The number of nitriles is 1. The Kier molecular flexibility index (Phi) is 4.90. The molecule has 0 spiro atoms. The zero-order valence-electron chi connectivity index (χ0n) is 12.6. The summed E-state index contributed by atoms with van der Waals surface area (Å²) in [6, 6.07) is 17.9. The minimum absolute atomic E-state index is 0.237. The predicted molar refractivity (Wildman–Crippen MR) is 98.6 cm³/mol. The summed E-state index contributed by atoms with van der Waals surface area (Å²) >= 11 is 1.16. The van der Waals surface area contributed by atoms with E-state index in [1.54, 1.807) is 12.3 Å². The molecule has 24 heavy (non-hydrogen) atoms. The topological polar surface area (TPSA) is 65.2 Å². The Labute approximate surface area is 144 Å². The Balaban J connectivity index is 1.80. The fourth-order valence-corrected chi connectivity index (χ4v) is 2.96. The number of rotatable bonds is 3. The van der Waals surface area contributed by atoms with E-state index in [1.165, 1.54) is 0 Å². The molecular weight excluding hydrogens is 318 g/mol. The van der Waals surface area contributed by atoms with Gasteiger partial charge in [-0.25, -0.2) is 0 Å². The molecule has 1 aliphatic rings. The van der Waals surface area contributed by atoms with E-state index in [1.807, 2.05) is 66.7 Å². The van der Waals surface area contributed by atoms with Gasteiger partial charge in [-0.2, -0.15) is 5.26 Å². The quantitative estimate of drug-likeness (QED) is 0.527. The maximum atomic E-state index is 11.9. The van der Waals surface area contributed by atoms with E-state index in [2.05, 4.69) is 10.3 Å². The number of nitrogens with one attached hydrogen (secondary N) is 1. The van der Waals surface area contributed by atoms with Crippen molar-refractivity contribution in [1.29, 1.82) is 5.26 Å². The van der Waals surface area contributed by atoms with Crippen molar-refractivity contribution in [2.24, 2.45) is 4.99 Å². The molecule has 2 aromatic carbocycles. The second-order valence-corrected chi connectivity index (χ2v) is 6.03. The summed E-state index contributed by atoms with van der Waals surface area (Å²) < 4.78 is 0. The first-order valence-corrected chi connectivity index (χ1v) is 8.07. The molecule has 4 nitrogen and oxygen atoms in total. The van der Waals surface area contributed by atoms with Crippen LogP contribution in [0.5, 0.6) is 0 Å². The Bertz CT molecular complexity index is 892. The second kappa shape index (κ2) is 7.44. The van der Waals surface area contributed by atoms with Gasteiger partial charge in [-0.05, 0) is 40.6 Å². The summed E-state index contributed by atoms with van der Waals surface area (Å²) in [6.07, 6.45) is 7.54. The second-order valence-electron chi connectivity index (χ2n) is 5.00. The summed E-state index contributed by atoms with van der Waals surface area (Å²) in [7, 11) is 0. The van der Waals surface area contributed by atoms with Crippen LogP contribution in [-0.2, 0) is 4.79 Å². The highest BCUT2D eigenvalue weighted by molar-refractivity contribution is 8.18. The number of amidine groups is 1. The number of nitrogens with zero attached hydrogens (tertiary/aromatic N) is 2. The highest BCUT2D eigenvalue weighted by atomic mass is 32.2. The fraction of sp³-hybridized carbons (Fsp3) is 0. The lowest BCUT2D eigenvalue weighted by atomic mass is 10.1. The molecule has 1 saturated heterocycles. The molecular formula is C19H13N3OS. The van der Waals surface area contributed by atoms with E-state index < -0.39 is 0 Å². The summed E-state index contributed by atoms with van der Waals surface area (Å²) in [6.45, 7) is 0. The van der Waals surface area contributed by atoms with Crippen LogP contribution in [0.1, 0.15) is 16.7 Å². The maximum Gasteiger partial charge on any atom is 0.264 e. The van der Waals surface area contributed by atoms with Crippen LogP contribution in [0.15, 0.2) is 64.5 Å². The van der Waals surface area contributed by atoms with Gasteiger partial charge in [0.1, 0.15) is 0 Å². The molecule has 5 heteroatoms. The first-order valence-electron chi connectivity index (χ1n) is 7.25.